The summed E-state index contributed by atoms with van der Waals surface area (Å²) in [5.74, 6) is 0.639. The van der Waals surface area contributed by atoms with E-state index in [2.05, 4.69) is 0 Å². The molecule has 20 heavy (non-hydrogen) atoms. The van der Waals surface area contributed by atoms with Crippen LogP contribution in [0.5, 0.6) is 17.2 Å². The van der Waals surface area contributed by atoms with Crippen molar-refractivity contribution in [2.24, 2.45) is 5.92 Å². The molecule has 0 heterocycles. The minimum atomic E-state index is -0.814. The molecule has 5 nitrogen and oxygen atoms in total. The van der Waals surface area contributed by atoms with Crippen molar-refractivity contribution >= 4 is 5.97 Å². The molecule has 5 heteroatoms. The molecule has 0 aromatic heterocycles. The van der Waals surface area contributed by atoms with Crippen LogP contribution in [0.25, 0.3) is 0 Å². The number of benzene rings is 1. The van der Waals surface area contributed by atoms with Crippen molar-refractivity contribution in [1.29, 1.82) is 0 Å². The first-order valence-corrected chi connectivity index (χ1v) is 6.63. The summed E-state index contributed by atoms with van der Waals surface area (Å²) in [6.07, 6.45) is 2.90. The van der Waals surface area contributed by atoms with Crippen LogP contribution < -0.4 is 14.2 Å². The van der Waals surface area contributed by atoms with E-state index in [0.717, 1.165) is 12.8 Å². The van der Waals surface area contributed by atoms with Gasteiger partial charge in [0.25, 0.3) is 0 Å². The van der Waals surface area contributed by atoms with Gasteiger partial charge in [0.1, 0.15) is 0 Å². The molecule has 1 atom stereocenters. The summed E-state index contributed by atoms with van der Waals surface area (Å²) in [4.78, 5) is 11.5. The van der Waals surface area contributed by atoms with Gasteiger partial charge < -0.3 is 19.3 Å². The summed E-state index contributed by atoms with van der Waals surface area (Å²) in [5, 5.41) is 9.44. The number of carboxylic acid groups (broad SMARTS) is 1. The Labute approximate surface area is 118 Å². The molecular formula is C15H20O5. The van der Waals surface area contributed by atoms with E-state index < -0.39 is 11.9 Å². The maximum absolute atomic E-state index is 11.5. The van der Waals surface area contributed by atoms with E-state index in [-0.39, 0.29) is 0 Å². The fourth-order valence-electron chi connectivity index (χ4n) is 2.37. The molecule has 0 radical (unpaired) electrons. The van der Waals surface area contributed by atoms with E-state index in [1.807, 2.05) is 0 Å². The molecule has 1 aromatic rings. The van der Waals surface area contributed by atoms with Gasteiger partial charge in [0.05, 0.1) is 27.2 Å². The summed E-state index contributed by atoms with van der Waals surface area (Å²) < 4.78 is 15.8. The first kappa shape index (κ1) is 14.5. The second-order valence-electron chi connectivity index (χ2n) is 5.03. The highest BCUT2D eigenvalue weighted by Crippen LogP contribution is 2.44. The standard InChI is InChI=1S/C15H20O5/c1-18-12-7-10(8-13(19-2)14(12)20-3)11(15(16)17)6-9-4-5-9/h7-9,11H,4-6H2,1-3H3,(H,16,17)/t11-/m0/s1. The van der Waals surface area contributed by atoms with Crippen LogP contribution in [0.1, 0.15) is 30.7 Å². The van der Waals surface area contributed by atoms with Gasteiger partial charge in [0, 0.05) is 0 Å². The molecule has 110 valence electrons. The number of hydrogen-bond acceptors (Lipinski definition) is 4. The minimum absolute atomic E-state index is 0.481. The van der Waals surface area contributed by atoms with Crippen molar-refractivity contribution in [3.05, 3.63) is 17.7 Å². The molecule has 1 saturated carbocycles. The third-order valence-electron chi connectivity index (χ3n) is 3.65. The predicted molar refractivity (Wildman–Crippen MR) is 73.8 cm³/mol. The second kappa shape index (κ2) is 6.03. The van der Waals surface area contributed by atoms with Crippen LogP contribution in [0.15, 0.2) is 12.1 Å². The summed E-state index contributed by atoms with van der Waals surface area (Å²) >= 11 is 0. The van der Waals surface area contributed by atoms with Crippen LogP contribution in [-0.2, 0) is 4.79 Å². The van der Waals surface area contributed by atoms with Gasteiger partial charge >= 0.3 is 5.97 Å². The highest BCUT2D eigenvalue weighted by atomic mass is 16.5. The van der Waals surface area contributed by atoms with Gasteiger partial charge in [-0.3, -0.25) is 4.79 Å². The molecule has 1 aromatic carbocycles. The molecular weight excluding hydrogens is 260 g/mol. The van der Waals surface area contributed by atoms with Gasteiger partial charge in [0.2, 0.25) is 5.75 Å². The normalized spacial score (nSPS) is 15.6. The molecule has 0 unspecified atom stereocenters. The Hall–Kier alpha value is -1.91. The number of rotatable bonds is 7. The maximum Gasteiger partial charge on any atom is 0.310 e. The van der Waals surface area contributed by atoms with E-state index in [4.69, 9.17) is 14.2 Å². The van der Waals surface area contributed by atoms with Crippen LogP contribution in [0.4, 0.5) is 0 Å². The lowest BCUT2D eigenvalue weighted by atomic mass is 9.93. The zero-order chi connectivity index (χ0) is 14.7. The average molecular weight is 280 g/mol. The first-order chi connectivity index (χ1) is 9.60. The fraction of sp³-hybridized carbons (Fsp3) is 0.533. The van der Waals surface area contributed by atoms with Gasteiger partial charge in [-0.05, 0) is 30.0 Å². The molecule has 0 amide bonds. The summed E-state index contributed by atoms with van der Waals surface area (Å²) in [6.45, 7) is 0. The lowest BCUT2D eigenvalue weighted by Gasteiger charge is -2.17. The number of aliphatic carboxylic acids is 1. The van der Waals surface area contributed by atoms with Crippen molar-refractivity contribution in [1.82, 2.24) is 0 Å². The Kier molecular flexibility index (Phi) is 4.37. The molecule has 0 aliphatic heterocycles. The van der Waals surface area contributed by atoms with Crippen LogP contribution in [-0.4, -0.2) is 32.4 Å². The summed E-state index contributed by atoms with van der Waals surface area (Å²) in [6, 6.07) is 3.45. The Morgan fingerprint density at radius 3 is 2.10 bits per heavy atom. The lowest BCUT2D eigenvalue weighted by molar-refractivity contribution is -0.139. The number of hydrogen-bond donors (Lipinski definition) is 1. The van der Waals surface area contributed by atoms with Gasteiger partial charge in [-0.15, -0.1) is 0 Å². The minimum Gasteiger partial charge on any atom is -0.493 e. The molecule has 0 bridgehead atoms. The number of methoxy groups -OCH3 is 3. The van der Waals surface area contributed by atoms with E-state index >= 15 is 0 Å². The molecule has 0 saturated heterocycles. The lowest BCUT2D eigenvalue weighted by Crippen LogP contribution is -2.13. The van der Waals surface area contributed by atoms with Crippen molar-refractivity contribution in [3.63, 3.8) is 0 Å². The zero-order valence-corrected chi connectivity index (χ0v) is 12.0. The Balaban J connectivity index is 2.40. The van der Waals surface area contributed by atoms with E-state index in [0.29, 0.717) is 35.2 Å². The number of carboxylic acids is 1. The third kappa shape index (κ3) is 2.98. The van der Waals surface area contributed by atoms with Crippen molar-refractivity contribution in [3.8, 4) is 17.2 Å². The van der Waals surface area contributed by atoms with E-state index in [1.54, 1.807) is 12.1 Å². The number of ether oxygens (including phenoxy) is 3. The molecule has 1 N–H and O–H groups in total. The fourth-order valence-corrected chi connectivity index (χ4v) is 2.37. The zero-order valence-electron chi connectivity index (χ0n) is 12.0. The largest absolute Gasteiger partial charge is 0.493 e. The van der Waals surface area contributed by atoms with Crippen LogP contribution in [0.3, 0.4) is 0 Å². The smallest absolute Gasteiger partial charge is 0.310 e. The highest BCUT2D eigenvalue weighted by molar-refractivity contribution is 5.77. The molecule has 0 spiro atoms. The molecule has 2 rings (SSSR count). The van der Waals surface area contributed by atoms with Crippen LogP contribution in [0.2, 0.25) is 0 Å². The quantitative estimate of drug-likeness (QED) is 0.832. The van der Waals surface area contributed by atoms with Crippen LogP contribution >= 0.6 is 0 Å². The van der Waals surface area contributed by atoms with Crippen molar-refractivity contribution in [2.45, 2.75) is 25.2 Å². The Morgan fingerprint density at radius 2 is 1.75 bits per heavy atom. The predicted octanol–water partition coefficient (Wildman–Crippen LogP) is 2.68. The molecule has 1 aliphatic carbocycles. The van der Waals surface area contributed by atoms with Crippen LogP contribution in [0, 0.1) is 5.92 Å². The van der Waals surface area contributed by atoms with E-state index in [1.165, 1.54) is 21.3 Å². The van der Waals surface area contributed by atoms with E-state index in [9.17, 15) is 9.90 Å². The molecule has 1 fully saturated rings. The monoisotopic (exact) mass is 280 g/mol. The molecule has 1 aliphatic rings. The topological polar surface area (TPSA) is 65.0 Å². The van der Waals surface area contributed by atoms with Gasteiger partial charge in [0.15, 0.2) is 11.5 Å². The highest BCUT2D eigenvalue weighted by Gasteiger charge is 2.31. The average Bonchev–Trinajstić information content (AvgIpc) is 3.26. The first-order valence-electron chi connectivity index (χ1n) is 6.63. The maximum atomic E-state index is 11.5. The van der Waals surface area contributed by atoms with Gasteiger partial charge in [-0.1, -0.05) is 12.8 Å². The Morgan fingerprint density at radius 1 is 1.20 bits per heavy atom. The summed E-state index contributed by atoms with van der Waals surface area (Å²) in [5.41, 5.74) is 0.693. The SMILES string of the molecule is COc1cc([C@H](CC2CC2)C(=O)O)cc(OC)c1OC. The van der Waals surface area contributed by atoms with Gasteiger partial charge in [-0.25, -0.2) is 0 Å². The Bertz CT molecular complexity index is 468. The van der Waals surface area contributed by atoms with Crippen molar-refractivity contribution in [2.75, 3.05) is 21.3 Å². The number of carbonyl (C=O) groups is 1. The third-order valence-corrected chi connectivity index (χ3v) is 3.65. The summed E-state index contributed by atoms with van der Waals surface area (Å²) in [7, 11) is 4.58. The second-order valence-corrected chi connectivity index (χ2v) is 5.03. The van der Waals surface area contributed by atoms with Crippen molar-refractivity contribution < 1.29 is 24.1 Å². The van der Waals surface area contributed by atoms with Gasteiger partial charge in [-0.2, -0.15) is 0 Å².